The van der Waals surface area contributed by atoms with Crippen LogP contribution in [-0.2, 0) is 9.53 Å². The van der Waals surface area contributed by atoms with E-state index in [-0.39, 0.29) is 11.8 Å². The van der Waals surface area contributed by atoms with E-state index in [9.17, 15) is 9.18 Å². The second-order valence-corrected chi connectivity index (χ2v) is 4.54. The highest BCUT2D eigenvalue weighted by atomic mass is 127. The van der Waals surface area contributed by atoms with Gasteiger partial charge in [0, 0.05) is 0 Å². The van der Waals surface area contributed by atoms with Gasteiger partial charge in [-0.3, -0.25) is 0 Å². The zero-order valence-corrected chi connectivity index (χ0v) is 12.0. The third kappa shape index (κ3) is 3.83. The monoisotopic (exact) mass is 351 g/mol. The average molecular weight is 351 g/mol. The Labute approximate surface area is 114 Å². The summed E-state index contributed by atoms with van der Waals surface area (Å²) >= 11 is 1.91. The number of ether oxygens (including phenoxy) is 1. The molecule has 0 aliphatic rings. The van der Waals surface area contributed by atoms with Gasteiger partial charge in [-0.15, -0.1) is 0 Å². The predicted octanol–water partition coefficient (Wildman–Crippen LogP) is 3.18. The highest BCUT2D eigenvalue weighted by Gasteiger charge is 2.18. The molecule has 0 fully saturated rings. The van der Waals surface area contributed by atoms with Gasteiger partial charge in [0.1, 0.15) is 11.9 Å². The van der Waals surface area contributed by atoms with Crippen LogP contribution < -0.4 is 5.32 Å². The Hall–Kier alpha value is -0.850. The second kappa shape index (κ2) is 6.78. The van der Waals surface area contributed by atoms with Crippen molar-refractivity contribution in [3.8, 4) is 0 Å². The van der Waals surface area contributed by atoms with E-state index < -0.39 is 6.04 Å². The molecule has 0 amide bonds. The number of hydrogen-bond acceptors (Lipinski definition) is 3. The Morgan fingerprint density at radius 3 is 2.82 bits per heavy atom. The van der Waals surface area contributed by atoms with E-state index in [1.807, 2.05) is 29.5 Å². The molecule has 5 heteroatoms. The van der Waals surface area contributed by atoms with Crippen molar-refractivity contribution in [2.45, 2.75) is 26.3 Å². The standard InChI is InChI=1S/C12H15FINO2/c1-3-9(12(16)17-4-2)15-10-7-5-6-8(13)11(10)14/h5-7,9,15H,3-4H2,1-2H3. The summed E-state index contributed by atoms with van der Waals surface area (Å²) in [4.78, 5) is 11.6. The fourth-order valence-corrected chi connectivity index (χ4v) is 1.89. The molecule has 1 aromatic rings. The summed E-state index contributed by atoms with van der Waals surface area (Å²) in [5.74, 6) is -0.607. The van der Waals surface area contributed by atoms with Crippen LogP contribution >= 0.6 is 22.6 Å². The van der Waals surface area contributed by atoms with Crippen molar-refractivity contribution < 1.29 is 13.9 Å². The molecule has 0 aliphatic heterocycles. The van der Waals surface area contributed by atoms with Gasteiger partial charge >= 0.3 is 5.97 Å². The van der Waals surface area contributed by atoms with Crippen LogP contribution in [0.15, 0.2) is 18.2 Å². The fourth-order valence-electron chi connectivity index (χ4n) is 1.37. The van der Waals surface area contributed by atoms with Gasteiger partial charge < -0.3 is 10.1 Å². The molecule has 3 nitrogen and oxygen atoms in total. The van der Waals surface area contributed by atoms with Gasteiger partial charge in [-0.1, -0.05) is 13.0 Å². The third-order valence-electron chi connectivity index (χ3n) is 2.26. The molecule has 94 valence electrons. The van der Waals surface area contributed by atoms with Crippen molar-refractivity contribution in [1.29, 1.82) is 0 Å². The lowest BCUT2D eigenvalue weighted by Gasteiger charge is -2.17. The highest BCUT2D eigenvalue weighted by Crippen LogP contribution is 2.22. The number of nitrogens with one attached hydrogen (secondary N) is 1. The van der Waals surface area contributed by atoms with Crippen molar-refractivity contribution >= 4 is 34.2 Å². The summed E-state index contributed by atoms with van der Waals surface area (Å²) in [6.07, 6.45) is 0.589. The zero-order chi connectivity index (χ0) is 12.8. The van der Waals surface area contributed by atoms with E-state index in [1.165, 1.54) is 6.07 Å². The SMILES string of the molecule is CCOC(=O)C(CC)Nc1cccc(F)c1I. The Kier molecular flexibility index (Phi) is 5.67. The highest BCUT2D eigenvalue weighted by molar-refractivity contribution is 14.1. The first kappa shape index (κ1) is 14.2. The number of hydrogen-bond donors (Lipinski definition) is 1. The smallest absolute Gasteiger partial charge is 0.328 e. The minimum absolute atomic E-state index is 0.297. The fraction of sp³-hybridized carbons (Fsp3) is 0.417. The molecule has 1 aromatic carbocycles. The molecule has 0 heterocycles. The van der Waals surface area contributed by atoms with Gasteiger partial charge in [0.2, 0.25) is 0 Å². The maximum Gasteiger partial charge on any atom is 0.328 e. The molecule has 1 unspecified atom stereocenters. The summed E-state index contributed by atoms with van der Waals surface area (Å²) in [5.41, 5.74) is 0.616. The summed E-state index contributed by atoms with van der Waals surface area (Å²) in [6, 6.07) is 4.30. The minimum atomic E-state index is -0.440. The molecule has 0 aromatic heterocycles. The van der Waals surface area contributed by atoms with Crippen molar-refractivity contribution in [1.82, 2.24) is 0 Å². The Morgan fingerprint density at radius 1 is 1.53 bits per heavy atom. The quantitative estimate of drug-likeness (QED) is 0.654. The van der Waals surface area contributed by atoms with Crippen LogP contribution in [-0.4, -0.2) is 18.6 Å². The van der Waals surface area contributed by atoms with Crippen LogP contribution in [0.1, 0.15) is 20.3 Å². The second-order valence-electron chi connectivity index (χ2n) is 3.46. The molecule has 1 rings (SSSR count). The summed E-state index contributed by atoms with van der Waals surface area (Å²) in [7, 11) is 0. The van der Waals surface area contributed by atoms with Crippen LogP contribution in [0.25, 0.3) is 0 Å². The average Bonchev–Trinajstić information content (AvgIpc) is 2.31. The molecular formula is C12H15FINO2. The third-order valence-corrected chi connectivity index (χ3v) is 3.36. The number of rotatable bonds is 5. The lowest BCUT2D eigenvalue weighted by atomic mass is 10.2. The number of benzene rings is 1. The molecule has 1 atom stereocenters. The molecule has 0 spiro atoms. The maximum absolute atomic E-state index is 13.3. The lowest BCUT2D eigenvalue weighted by molar-refractivity contribution is -0.144. The molecule has 0 bridgehead atoms. The Bertz CT molecular complexity index is 398. The van der Waals surface area contributed by atoms with Crippen LogP contribution in [0.5, 0.6) is 0 Å². The van der Waals surface area contributed by atoms with Crippen LogP contribution in [0.3, 0.4) is 0 Å². The van der Waals surface area contributed by atoms with Gasteiger partial charge in [0.15, 0.2) is 0 Å². The first-order valence-corrected chi connectivity index (χ1v) is 6.55. The number of anilines is 1. The number of esters is 1. The number of carbonyl (C=O) groups is 1. The number of halogens is 2. The molecule has 0 saturated carbocycles. The first-order chi connectivity index (χ1) is 8.10. The van der Waals surface area contributed by atoms with Crippen molar-refractivity contribution in [2.75, 3.05) is 11.9 Å². The van der Waals surface area contributed by atoms with E-state index in [1.54, 1.807) is 19.1 Å². The van der Waals surface area contributed by atoms with Crippen molar-refractivity contribution in [3.63, 3.8) is 0 Å². The Balaban J connectivity index is 2.80. The summed E-state index contributed by atoms with van der Waals surface area (Å²) in [6.45, 7) is 3.98. The van der Waals surface area contributed by atoms with E-state index >= 15 is 0 Å². The van der Waals surface area contributed by atoms with Gasteiger partial charge in [-0.05, 0) is 48.1 Å². The zero-order valence-electron chi connectivity index (χ0n) is 9.80. The van der Waals surface area contributed by atoms with E-state index in [0.717, 1.165) is 0 Å². The summed E-state index contributed by atoms with van der Waals surface area (Å²) in [5, 5.41) is 3.00. The van der Waals surface area contributed by atoms with E-state index in [4.69, 9.17) is 4.74 Å². The topological polar surface area (TPSA) is 38.3 Å². The molecule has 0 aliphatic carbocycles. The summed E-state index contributed by atoms with van der Waals surface area (Å²) < 4.78 is 18.7. The molecule has 17 heavy (non-hydrogen) atoms. The van der Waals surface area contributed by atoms with Gasteiger partial charge in [-0.25, -0.2) is 9.18 Å². The Morgan fingerprint density at radius 2 is 2.24 bits per heavy atom. The van der Waals surface area contributed by atoms with E-state index in [0.29, 0.717) is 22.3 Å². The minimum Gasteiger partial charge on any atom is -0.464 e. The van der Waals surface area contributed by atoms with Crippen LogP contribution in [0, 0.1) is 9.39 Å². The van der Waals surface area contributed by atoms with Gasteiger partial charge in [0.05, 0.1) is 15.9 Å². The van der Waals surface area contributed by atoms with Crippen LogP contribution in [0.4, 0.5) is 10.1 Å². The largest absolute Gasteiger partial charge is 0.464 e. The maximum atomic E-state index is 13.3. The van der Waals surface area contributed by atoms with Gasteiger partial charge in [0.25, 0.3) is 0 Å². The molecule has 1 N–H and O–H groups in total. The first-order valence-electron chi connectivity index (χ1n) is 5.47. The van der Waals surface area contributed by atoms with Gasteiger partial charge in [-0.2, -0.15) is 0 Å². The molecule has 0 saturated heterocycles. The lowest BCUT2D eigenvalue weighted by Crippen LogP contribution is -2.31. The van der Waals surface area contributed by atoms with Crippen molar-refractivity contribution in [3.05, 3.63) is 27.6 Å². The molecule has 0 radical (unpaired) electrons. The predicted molar refractivity (Wildman–Crippen MR) is 73.5 cm³/mol. The van der Waals surface area contributed by atoms with Crippen molar-refractivity contribution in [2.24, 2.45) is 0 Å². The molecular weight excluding hydrogens is 336 g/mol. The van der Waals surface area contributed by atoms with E-state index in [2.05, 4.69) is 5.32 Å². The van der Waals surface area contributed by atoms with Crippen LogP contribution in [0.2, 0.25) is 0 Å². The normalized spacial score (nSPS) is 12.0. The number of carbonyl (C=O) groups excluding carboxylic acids is 1.